The van der Waals surface area contributed by atoms with Gasteiger partial charge in [0.15, 0.2) is 0 Å². The normalized spacial score (nSPS) is 11.5. The molecule has 0 spiro atoms. The number of hydrogen-bond acceptors (Lipinski definition) is 3. The Morgan fingerprint density at radius 2 is 2.00 bits per heavy atom. The van der Waals surface area contributed by atoms with Crippen LogP contribution in [0, 0.1) is 0 Å². The molecule has 0 aliphatic heterocycles. The Balaban J connectivity index is 4.15. The third-order valence-corrected chi connectivity index (χ3v) is 1.67. The molecule has 0 heterocycles. The second-order valence-electron chi connectivity index (χ2n) is 2.95. The van der Waals surface area contributed by atoms with Crippen LogP contribution in [-0.2, 0) is 9.53 Å². The Morgan fingerprint density at radius 3 is 2.40 bits per heavy atom. The molecule has 2 N–H and O–H groups in total. The lowest BCUT2D eigenvalue weighted by Gasteiger charge is -2.22. The van der Waals surface area contributed by atoms with E-state index in [0.29, 0.717) is 0 Å². The van der Waals surface area contributed by atoms with E-state index in [1.807, 2.05) is 0 Å². The van der Waals surface area contributed by atoms with E-state index >= 15 is 0 Å². The molecule has 1 amide bonds. The molecule has 0 saturated heterocycles. The van der Waals surface area contributed by atoms with Crippen molar-refractivity contribution in [1.29, 1.82) is 0 Å². The number of carbonyl (C=O) groups excluding carboxylic acids is 1. The number of nitrogens with zero attached hydrogens (tertiary/aromatic N) is 1. The molecule has 0 aromatic carbocycles. The number of methoxy groups -OCH3 is 1. The molecular formula is C8H15F3N2O2. The standard InChI is InChI=1S/C8H15F3N2O2/c1-15-5-4-13(3-2-12)7(14)6-8(9,10)11/h2-6,12H2,1H3. The molecular weight excluding hydrogens is 213 g/mol. The lowest BCUT2D eigenvalue weighted by molar-refractivity contribution is -0.161. The number of hydrogen-bond donors (Lipinski definition) is 1. The van der Waals surface area contributed by atoms with E-state index in [1.165, 1.54) is 7.11 Å². The predicted molar refractivity (Wildman–Crippen MR) is 48.2 cm³/mol. The van der Waals surface area contributed by atoms with Crippen molar-refractivity contribution in [2.24, 2.45) is 5.73 Å². The first-order valence-corrected chi connectivity index (χ1v) is 4.44. The van der Waals surface area contributed by atoms with Crippen LogP contribution in [0.1, 0.15) is 6.42 Å². The molecule has 0 aliphatic rings. The summed E-state index contributed by atoms with van der Waals surface area (Å²) in [5, 5.41) is 0. The van der Waals surface area contributed by atoms with Crippen molar-refractivity contribution in [3.05, 3.63) is 0 Å². The Hall–Kier alpha value is -0.820. The zero-order chi connectivity index (χ0) is 11.9. The maximum Gasteiger partial charge on any atom is 0.397 e. The molecule has 0 aromatic heterocycles. The largest absolute Gasteiger partial charge is 0.397 e. The van der Waals surface area contributed by atoms with Crippen LogP contribution >= 0.6 is 0 Å². The quantitative estimate of drug-likeness (QED) is 0.714. The molecule has 0 saturated carbocycles. The number of carbonyl (C=O) groups is 1. The summed E-state index contributed by atoms with van der Waals surface area (Å²) >= 11 is 0. The van der Waals surface area contributed by atoms with Gasteiger partial charge in [-0.15, -0.1) is 0 Å². The molecule has 15 heavy (non-hydrogen) atoms. The molecule has 0 aliphatic carbocycles. The van der Waals surface area contributed by atoms with Crippen molar-refractivity contribution in [3.8, 4) is 0 Å². The maximum absolute atomic E-state index is 11.9. The third-order valence-electron chi connectivity index (χ3n) is 1.67. The van der Waals surface area contributed by atoms with E-state index in [-0.39, 0.29) is 26.2 Å². The average Bonchev–Trinajstić information content (AvgIpc) is 2.09. The van der Waals surface area contributed by atoms with Crippen molar-refractivity contribution in [2.75, 3.05) is 33.4 Å². The van der Waals surface area contributed by atoms with Gasteiger partial charge < -0.3 is 15.4 Å². The molecule has 0 rings (SSSR count). The summed E-state index contributed by atoms with van der Waals surface area (Å²) in [4.78, 5) is 12.2. The summed E-state index contributed by atoms with van der Waals surface area (Å²) < 4.78 is 40.4. The lowest BCUT2D eigenvalue weighted by Crippen LogP contribution is -2.39. The van der Waals surface area contributed by atoms with Crippen LogP contribution in [0.25, 0.3) is 0 Å². The summed E-state index contributed by atoms with van der Waals surface area (Å²) in [5.74, 6) is -0.968. The van der Waals surface area contributed by atoms with Gasteiger partial charge in [0.2, 0.25) is 5.91 Å². The minimum absolute atomic E-state index is 0.109. The zero-order valence-corrected chi connectivity index (χ0v) is 8.51. The van der Waals surface area contributed by atoms with Crippen LogP contribution in [0.5, 0.6) is 0 Å². The molecule has 0 atom stereocenters. The van der Waals surface area contributed by atoms with E-state index in [0.717, 1.165) is 4.90 Å². The molecule has 0 bridgehead atoms. The minimum atomic E-state index is -4.48. The van der Waals surface area contributed by atoms with E-state index in [2.05, 4.69) is 4.74 Å². The second kappa shape index (κ2) is 6.62. The molecule has 0 unspecified atom stereocenters. The maximum atomic E-state index is 11.9. The van der Waals surface area contributed by atoms with Gasteiger partial charge in [0.25, 0.3) is 0 Å². The number of amides is 1. The first-order chi connectivity index (χ1) is 6.90. The number of ether oxygens (including phenoxy) is 1. The Kier molecular flexibility index (Phi) is 6.26. The highest BCUT2D eigenvalue weighted by molar-refractivity contribution is 5.76. The molecule has 0 radical (unpaired) electrons. The Bertz CT molecular complexity index is 197. The fourth-order valence-corrected chi connectivity index (χ4v) is 1.00. The Morgan fingerprint density at radius 1 is 1.40 bits per heavy atom. The number of rotatable bonds is 6. The van der Waals surface area contributed by atoms with Crippen molar-refractivity contribution < 1.29 is 22.7 Å². The van der Waals surface area contributed by atoms with E-state index in [1.54, 1.807) is 0 Å². The summed E-state index contributed by atoms with van der Waals surface area (Å²) in [6, 6.07) is 0. The van der Waals surface area contributed by atoms with Crippen LogP contribution in [0.3, 0.4) is 0 Å². The summed E-state index contributed by atoms with van der Waals surface area (Å²) in [7, 11) is 1.41. The first-order valence-electron chi connectivity index (χ1n) is 4.44. The highest BCUT2D eigenvalue weighted by Gasteiger charge is 2.33. The highest BCUT2D eigenvalue weighted by Crippen LogP contribution is 2.20. The summed E-state index contributed by atoms with van der Waals surface area (Å²) in [6.45, 7) is 0.567. The zero-order valence-electron chi connectivity index (χ0n) is 8.51. The number of nitrogens with two attached hydrogens (primary N) is 1. The molecule has 4 nitrogen and oxygen atoms in total. The van der Waals surface area contributed by atoms with Crippen molar-refractivity contribution in [2.45, 2.75) is 12.6 Å². The van der Waals surface area contributed by atoms with Crippen molar-refractivity contribution in [3.63, 3.8) is 0 Å². The van der Waals surface area contributed by atoms with E-state index in [4.69, 9.17) is 5.73 Å². The summed E-state index contributed by atoms with van der Waals surface area (Å²) in [5.41, 5.74) is 5.19. The molecule has 90 valence electrons. The van der Waals surface area contributed by atoms with Crippen LogP contribution in [0.15, 0.2) is 0 Å². The number of alkyl halides is 3. The van der Waals surface area contributed by atoms with Crippen LogP contribution in [-0.4, -0.2) is 50.3 Å². The summed E-state index contributed by atoms with van der Waals surface area (Å²) in [6.07, 6.45) is -5.92. The molecule has 0 fully saturated rings. The first kappa shape index (κ1) is 14.2. The number of halogens is 3. The third kappa shape index (κ3) is 7.15. The molecule has 7 heteroatoms. The van der Waals surface area contributed by atoms with Gasteiger partial charge >= 0.3 is 6.18 Å². The SMILES string of the molecule is COCCN(CCN)C(=O)CC(F)(F)F. The smallest absolute Gasteiger partial charge is 0.383 e. The van der Waals surface area contributed by atoms with Gasteiger partial charge in [-0.05, 0) is 0 Å². The van der Waals surface area contributed by atoms with Gasteiger partial charge in [-0.25, -0.2) is 0 Å². The fourth-order valence-electron chi connectivity index (χ4n) is 1.00. The van der Waals surface area contributed by atoms with Crippen LogP contribution in [0.2, 0.25) is 0 Å². The monoisotopic (exact) mass is 228 g/mol. The molecule has 0 aromatic rings. The fraction of sp³-hybridized carbons (Fsp3) is 0.875. The van der Waals surface area contributed by atoms with Gasteiger partial charge in [-0.3, -0.25) is 4.79 Å². The highest BCUT2D eigenvalue weighted by atomic mass is 19.4. The topological polar surface area (TPSA) is 55.6 Å². The van der Waals surface area contributed by atoms with Gasteiger partial charge in [0.1, 0.15) is 6.42 Å². The van der Waals surface area contributed by atoms with Crippen LogP contribution < -0.4 is 5.73 Å². The van der Waals surface area contributed by atoms with Crippen LogP contribution in [0.4, 0.5) is 13.2 Å². The van der Waals surface area contributed by atoms with Gasteiger partial charge in [-0.2, -0.15) is 13.2 Å². The van der Waals surface area contributed by atoms with Gasteiger partial charge in [0, 0.05) is 26.7 Å². The Labute approximate surface area is 86.2 Å². The minimum Gasteiger partial charge on any atom is -0.383 e. The van der Waals surface area contributed by atoms with Gasteiger partial charge in [-0.1, -0.05) is 0 Å². The lowest BCUT2D eigenvalue weighted by atomic mass is 10.3. The van der Waals surface area contributed by atoms with Gasteiger partial charge in [0.05, 0.1) is 6.61 Å². The predicted octanol–water partition coefficient (Wildman–Crippen LogP) is 0.373. The van der Waals surface area contributed by atoms with Crippen molar-refractivity contribution in [1.82, 2.24) is 4.90 Å². The van der Waals surface area contributed by atoms with E-state index < -0.39 is 18.5 Å². The van der Waals surface area contributed by atoms with E-state index in [9.17, 15) is 18.0 Å². The average molecular weight is 228 g/mol. The second-order valence-corrected chi connectivity index (χ2v) is 2.95. The van der Waals surface area contributed by atoms with Crippen molar-refractivity contribution >= 4 is 5.91 Å².